The average Bonchev–Trinajstić information content (AvgIpc) is 3.30. The molecular weight excluding hydrogens is 408 g/mol. The van der Waals surface area contributed by atoms with Crippen molar-refractivity contribution in [2.45, 2.75) is 32.2 Å². The zero-order valence-corrected chi connectivity index (χ0v) is 17.7. The topological polar surface area (TPSA) is 71.2 Å². The van der Waals surface area contributed by atoms with Gasteiger partial charge in [0, 0.05) is 36.2 Å². The van der Waals surface area contributed by atoms with Crippen LogP contribution in [0.2, 0.25) is 5.02 Å². The molecule has 8 heteroatoms. The van der Waals surface area contributed by atoms with Crippen LogP contribution in [0.4, 0.5) is 0 Å². The van der Waals surface area contributed by atoms with Gasteiger partial charge in [0.2, 0.25) is 0 Å². The summed E-state index contributed by atoms with van der Waals surface area (Å²) in [5, 5.41) is 15.3. The zero-order chi connectivity index (χ0) is 20.4. The van der Waals surface area contributed by atoms with E-state index in [1.54, 1.807) is 0 Å². The maximum absolute atomic E-state index is 13.4. The van der Waals surface area contributed by atoms with Gasteiger partial charge in [0.15, 0.2) is 0 Å². The van der Waals surface area contributed by atoms with Crippen LogP contribution in [-0.2, 0) is 4.74 Å². The molecule has 1 aliphatic heterocycles. The highest BCUT2D eigenvalue weighted by Gasteiger charge is 2.28. The first-order chi connectivity index (χ1) is 14.1. The molecule has 4 rings (SSSR count). The van der Waals surface area contributed by atoms with E-state index in [1.165, 1.54) is 11.3 Å². The Morgan fingerprint density at radius 2 is 2.21 bits per heavy atom. The van der Waals surface area contributed by atoms with Crippen LogP contribution in [0.15, 0.2) is 30.3 Å². The number of fused-ring (bicyclic) bond motifs is 1. The molecule has 29 heavy (non-hydrogen) atoms. The SMILES string of the molecule is Cc1nn(-c2cccc(Cl)c2)c2sc(C(=O)N(CCC#N)C3CCOCC3)cc12. The Bertz CT molecular complexity index is 1080. The van der Waals surface area contributed by atoms with E-state index in [2.05, 4.69) is 11.2 Å². The molecule has 0 atom stereocenters. The Hall–Kier alpha value is -2.40. The fraction of sp³-hybridized carbons (Fsp3) is 0.381. The summed E-state index contributed by atoms with van der Waals surface area (Å²) in [5.41, 5.74) is 1.73. The van der Waals surface area contributed by atoms with Gasteiger partial charge in [-0.05, 0) is 44.0 Å². The van der Waals surface area contributed by atoms with Crippen molar-refractivity contribution in [2.24, 2.45) is 0 Å². The predicted octanol–water partition coefficient (Wildman–Crippen LogP) is 4.58. The smallest absolute Gasteiger partial charge is 0.264 e. The lowest BCUT2D eigenvalue weighted by Gasteiger charge is -2.33. The number of hydrogen-bond donors (Lipinski definition) is 0. The lowest BCUT2D eigenvalue weighted by atomic mass is 10.1. The van der Waals surface area contributed by atoms with Gasteiger partial charge in [-0.2, -0.15) is 10.4 Å². The molecule has 1 amide bonds. The van der Waals surface area contributed by atoms with Gasteiger partial charge in [0.05, 0.1) is 28.7 Å². The van der Waals surface area contributed by atoms with Gasteiger partial charge in [-0.1, -0.05) is 17.7 Å². The average molecular weight is 429 g/mol. The molecule has 0 radical (unpaired) electrons. The van der Waals surface area contributed by atoms with Gasteiger partial charge in [0.25, 0.3) is 5.91 Å². The summed E-state index contributed by atoms with van der Waals surface area (Å²) < 4.78 is 7.28. The highest BCUT2D eigenvalue weighted by molar-refractivity contribution is 7.20. The van der Waals surface area contributed by atoms with Crippen LogP contribution in [-0.4, -0.2) is 46.4 Å². The Labute approximate surface area is 178 Å². The maximum Gasteiger partial charge on any atom is 0.264 e. The number of thiophene rings is 1. The monoisotopic (exact) mass is 428 g/mol. The second-order valence-corrected chi connectivity index (χ2v) is 8.52. The van der Waals surface area contributed by atoms with E-state index in [9.17, 15) is 4.79 Å². The van der Waals surface area contributed by atoms with Crippen LogP contribution >= 0.6 is 22.9 Å². The largest absolute Gasteiger partial charge is 0.381 e. The number of aromatic nitrogens is 2. The summed E-state index contributed by atoms with van der Waals surface area (Å²) in [6.45, 7) is 3.68. The summed E-state index contributed by atoms with van der Waals surface area (Å²) in [5.74, 6) is -0.0228. The Morgan fingerprint density at radius 1 is 1.41 bits per heavy atom. The molecule has 3 aromatic rings. The van der Waals surface area contributed by atoms with Gasteiger partial charge in [0.1, 0.15) is 4.83 Å². The van der Waals surface area contributed by atoms with Crippen LogP contribution in [0.3, 0.4) is 0 Å². The molecule has 0 N–H and O–H groups in total. The molecule has 0 saturated carbocycles. The van der Waals surface area contributed by atoms with Crippen molar-refractivity contribution in [3.8, 4) is 11.8 Å². The quantitative estimate of drug-likeness (QED) is 0.596. The molecule has 0 unspecified atom stereocenters. The molecule has 3 heterocycles. The maximum atomic E-state index is 13.4. The van der Waals surface area contributed by atoms with Crippen molar-refractivity contribution >= 4 is 39.1 Å². The fourth-order valence-electron chi connectivity index (χ4n) is 3.69. The normalized spacial score (nSPS) is 14.8. The first-order valence-corrected chi connectivity index (χ1v) is 10.8. The van der Waals surface area contributed by atoms with Crippen LogP contribution in [0.1, 0.15) is 34.6 Å². The van der Waals surface area contributed by atoms with E-state index in [0.29, 0.717) is 36.1 Å². The molecule has 0 spiro atoms. The summed E-state index contributed by atoms with van der Waals surface area (Å²) in [6.07, 6.45) is 1.93. The molecule has 1 aromatic carbocycles. The third-order valence-electron chi connectivity index (χ3n) is 5.17. The summed E-state index contributed by atoms with van der Waals surface area (Å²) >= 11 is 7.58. The first-order valence-electron chi connectivity index (χ1n) is 9.59. The van der Waals surface area contributed by atoms with Gasteiger partial charge < -0.3 is 9.64 Å². The second kappa shape index (κ2) is 8.54. The van der Waals surface area contributed by atoms with Gasteiger partial charge in [-0.25, -0.2) is 4.68 Å². The molecule has 6 nitrogen and oxygen atoms in total. The second-order valence-electron chi connectivity index (χ2n) is 7.06. The summed E-state index contributed by atoms with van der Waals surface area (Å²) in [7, 11) is 0. The zero-order valence-electron chi connectivity index (χ0n) is 16.1. The number of hydrogen-bond acceptors (Lipinski definition) is 5. The minimum absolute atomic E-state index is 0.0228. The van der Waals surface area contributed by atoms with Crippen LogP contribution in [0, 0.1) is 18.3 Å². The number of carbonyl (C=O) groups excluding carboxylic acids is 1. The van der Waals surface area contributed by atoms with Gasteiger partial charge in [-0.3, -0.25) is 4.79 Å². The standard InChI is InChI=1S/C21H21ClN4O2S/c1-14-18-13-19(20(27)25(9-3-8-23)16-6-10-28-11-7-16)29-21(18)26(24-14)17-5-2-4-15(22)12-17/h2,4-5,12-13,16H,3,6-7,9-11H2,1H3. The van der Waals surface area contributed by atoms with Crippen LogP contribution < -0.4 is 0 Å². The molecule has 0 aliphatic carbocycles. The minimum Gasteiger partial charge on any atom is -0.381 e. The number of halogens is 1. The third-order valence-corrected chi connectivity index (χ3v) is 6.50. The molecule has 2 aromatic heterocycles. The van der Waals surface area contributed by atoms with E-state index >= 15 is 0 Å². The van der Waals surface area contributed by atoms with Crippen molar-refractivity contribution in [3.63, 3.8) is 0 Å². The number of amides is 1. The highest BCUT2D eigenvalue weighted by atomic mass is 35.5. The summed E-state index contributed by atoms with van der Waals surface area (Å²) in [4.78, 5) is 16.8. The molecule has 1 fully saturated rings. The van der Waals surface area contributed by atoms with Gasteiger partial charge in [-0.15, -0.1) is 11.3 Å². The number of carbonyl (C=O) groups is 1. The number of benzene rings is 1. The number of nitriles is 1. The van der Waals surface area contributed by atoms with Crippen molar-refractivity contribution in [2.75, 3.05) is 19.8 Å². The lowest BCUT2D eigenvalue weighted by Crippen LogP contribution is -2.43. The number of ether oxygens (including phenoxy) is 1. The van der Waals surface area contributed by atoms with E-state index in [1.807, 2.05) is 46.8 Å². The molecule has 0 bridgehead atoms. The number of aryl methyl sites for hydroxylation is 1. The van der Waals surface area contributed by atoms with Gasteiger partial charge >= 0.3 is 0 Å². The molecule has 1 saturated heterocycles. The molecule has 150 valence electrons. The van der Waals surface area contributed by atoms with E-state index in [0.717, 1.165) is 34.4 Å². The Balaban J connectivity index is 1.70. The van der Waals surface area contributed by atoms with Crippen molar-refractivity contribution in [3.05, 3.63) is 45.9 Å². The fourth-order valence-corrected chi connectivity index (χ4v) is 5.02. The van der Waals surface area contributed by atoms with Crippen LogP contribution in [0.25, 0.3) is 15.9 Å². The van der Waals surface area contributed by atoms with Crippen LogP contribution in [0.5, 0.6) is 0 Å². The number of nitrogens with zero attached hydrogens (tertiary/aromatic N) is 4. The van der Waals surface area contributed by atoms with E-state index in [4.69, 9.17) is 21.6 Å². The first kappa shape index (κ1) is 19.9. The Kier molecular flexibility index (Phi) is 5.86. The van der Waals surface area contributed by atoms with Crippen molar-refractivity contribution < 1.29 is 9.53 Å². The lowest BCUT2D eigenvalue weighted by molar-refractivity contribution is 0.0299. The summed E-state index contributed by atoms with van der Waals surface area (Å²) in [6, 6.07) is 11.7. The predicted molar refractivity (Wildman–Crippen MR) is 114 cm³/mol. The number of rotatable bonds is 5. The molecular formula is C21H21ClN4O2S. The highest BCUT2D eigenvalue weighted by Crippen LogP contribution is 2.32. The van der Waals surface area contributed by atoms with Crippen molar-refractivity contribution in [1.29, 1.82) is 5.26 Å². The third kappa shape index (κ3) is 4.01. The minimum atomic E-state index is -0.0228. The Morgan fingerprint density at radius 3 is 2.93 bits per heavy atom. The van der Waals surface area contributed by atoms with E-state index in [-0.39, 0.29) is 11.9 Å². The van der Waals surface area contributed by atoms with E-state index < -0.39 is 0 Å². The van der Waals surface area contributed by atoms with Crippen molar-refractivity contribution in [1.82, 2.24) is 14.7 Å². The molecule has 1 aliphatic rings.